The van der Waals surface area contributed by atoms with Crippen LogP contribution in [0.1, 0.15) is 15.2 Å². The summed E-state index contributed by atoms with van der Waals surface area (Å²) in [6.07, 6.45) is 0. The second-order valence-corrected chi connectivity index (χ2v) is 8.39. The fourth-order valence-corrected chi connectivity index (χ4v) is 4.88. The number of nitrogens with zero attached hydrogens (tertiary/aromatic N) is 4. The lowest BCUT2D eigenvalue weighted by Gasteiger charge is -2.34. The zero-order valence-corrected chi connectivity index (χ0v) is 16.7. The van der Waals surface area contributed by atoms with Crippen LogP contribution in [0.4, 0.5) is 0 Å². The number of amides is 1. The number of thiophene rings is 1. The van der Waals surface area contributed by atoms with E-state index in [2.05, 4.69) is 20.6 Å². The minimum absolute atomic E-state index is 0.0288. The first-order valence-electron chi connectivity index (χ1n) is 9.04. The molecular weight excluding hydrogens is 396 g/mol. The second kappa shape index (κ2) is 7.50. The van der Waals surface area contributed by atoms with Gasteiger partial charge in [0.2, 0.25) is 6.79 Å². The highest BCUT2D eigenvalue weighted by molar-refractivity contribution is 7.14. The van der Waals surface area contributed by atoms with Crippen molar-refractivity contribution >= 4 is 28.8 Å². The summed E-state index contributed by atoms with van der Waals surface area (Å²) in [6, 6.07) is 10.0. The van der Waals surface area contributed by atoms with Crippen LogP contribution in [-0.2, 0) is 6.54 Å². The van der Waals surface area contributed by atoms with E-state index < -0.39 is 0 Å². The van der Waals surface area contributed by atoms with Gasteiger partial charge in [-0.2, -0.15) is 0 Å². The molecule has 0 saturated carbocycles. The standard InChI is InChI=1S/C19H18N4O3S2/c24-19(18-17(20-21-28-18)16-2-1-9-27-16)23-7-5-22(6-8-23)11-13-3-4-14-15(10-13)26-12-25-14/h1-4,9-10H,5-8,11-12H2. The van der Waals surface area contributed by atoms with E-state index in [0.717, 1.165) is 36.0 Å². The summed E-state index contributed by atoms with van der Waals surface area (Å²) in [4.78, 5) is 18.9. The van der Waals surface area contributed by atoms with Gasteiger partial charge in [-0.3, -0.25) is 9.69 Å². The fraction of sp³-hybridized carbons (Fsp3) is 0.316. The summed E-state index contributed by atoms with van der Waals surface area (Å²) in [5.74, 6) is 1.64. The van der Waals surface area contributed by atoms with Gasteiger partial charge in [0.15, 0.2) is 11.5 Å². The molecule has 9 heteroatoms. The average Bonchev–Trinajstić information content (AvgIpc) is 3.48. The van der Waals surface area contributed by atoms with Crippen molar-refractivity contribution in [3.8, 4) is 22.1 Å². The predicted octanol–water partition coefficient (Wildman–Crippen LogP) is 2.95. The number of ether oxygens (including phenoxy) is 2. The molecule has 2 aliphatic heterocycles. The highest BCUT2D eigenvalue weighted by Crippen LogP contribution is 2.33. The first kappa shape index (κ1) is 17.6. The molecule has 3 aromatic rings. The van der Waals surface area contributed by atoms with Crippen molar-refractivity contribution in [1.82, 2.24) is 19.4 Å². The van der Waals surface area contributed by atoms with Crippen LogP contribution in [0.15, 0.2) is 35.7 Å². The van der Waals surface area contributed by atoms with Crippen molar-refractivity contribution in [2.24, 2.45) is 0 Å². The Balaban J connectivity index is 1.22. The lowest BCUT2D eigenvalue weighted by molar-refractivity contribution is 0.0633. The van der Waals surface area contributed by atoms with Gasteiger partial charge in [0, 0.05) is 32.7 Å². The van der Waals surface area contributed by atoms with Crippen molar-refractivity contribution in [2.45, 2.75) is 6.54 Å². The molecule has 0 radical (unpaired) electrons. The number of hydrogen-bond acceptors (Lipinski definition) is 8. The van der Waals surface area contributed by atoms with Gasteiger partial charge in [-0.15, -0.1) is 16.4 Å². The summed E-state index contributed by atoms with van der Waals surface area (Å²) >= 11 is 2.75. The Hall–Kier alpha value is -2.49. The summed E-state index contributed by atoms with van der Waals surface area (Å²) in [7, 11) is 0. The first-order chi connectivity index (χ1) is 13.8. The zero-order chi connectivity index (χ0) is 18.9. The maximum Gasteiger partial charge on any atom is 0.268 e. The molecule has 0 aliphatic carbocycles. The van der Waals surface area contributed by atoms with E-state index in [1.54, 1.807) is 11.3 Å². The van der Waals surface area contributed by atoms with Gasteiger partial charge in [0.25, 0.3) is 5.91 Å². The van der Waals surface area contributed by atoms with Crippen LogP contribution in [0.3, 0.4) is 0 Å². The third-order valence-corrected chi connectivity index (χ3v) is 6.53. The van der Waals surface area contributed by atoms with Gasteiger partial charge in [-0.1, -0.05) is 16.6 Å². The molecule has 0 spiro atoms. The van der Waals surface area contributed by atoms with Gasteiger partial charge in [0.1, 0.15) is 10.6 Å². The molecule has 0 atom stereocenters. The van der Waals surface area contributed by atoms with Gasteiger partial charge < -0.3 is 14.4 Å². The maximum atomic E-state index is 13.0. The Morgan fingerprint density at radius 1 is 1.11 bits per heavy atom. The maximum absolute atomic E-state index is 13.0. The molecule has 2 aliphatic rings. The van der Waals surface area contributed by atoms with E-state index in [0.29, 0.717) is 30.5 Å². The molecule has 1 aromatic carbocycles. The summed E-state index contributed by atoms with van der Waals surface area (Å²) in [5.41, 5.74) is 1.89. The SMILES string of the molecule is O=C(c1snnc1-c1cccs1)N1CCN(Cc2ccc3c(c2)OCO3)CC1. The van der Waals surface area contributed by atoms with E-state index in [1.165, 1.54) is 17.1 Å². The minimum atomic E-state index is 0.0288. The second-order valence-electron chi connectivity index (χ2n) is 6.68. The van der Waals surface area contributed by atoms with Crippen molar-refractivity contribution in [3.63, 3.8) is 0 Å². The Morgan fingerprint density at radius 2 is 1.96 bits per heavy atom. The molecule has 2 aromatic heterocycles. The summed E-state index contributed by atoms with van der Waals surface area (Å²) in [5, 5.41) is 6.16. The molecule has 0 unspecified atom stereocenters. The van der Waals surface area contributed by atoms with Crippen LogP contribution >= 0.6 is 22.9 Å². The Kier molecular flexibility index (Phi) is 4.71. The number of rotatable bonds is 4. The van der Waals surface area contributed by atoms with Crippen LogP contribution < -0.4 is 9.47 Å². The molecule has 144 valence electrons. The average molecular weight is 415 g/mol. The number of fused-ring (bicyclic) bond motifs is 1. The van der Waals surface area contributed by atoms with Crippen molar-refractivity contribution in [2.75, 3.05) is 33.0 Å². The van der Waals surface area contributed by atoms with Crippen LogP contribution in [0.25, 0.3) is 10.6 Å². The molecule has 5 rings (SSSR count). The Morgan fingerprint density at radius 3 is 2.79 bits per heavy atom. The van der Waals surface area contributed by atoms with Gasteiger partial charge in [0.05, 0.1) is 4.88 Å². The van der Waals surface area contributed by atoms with Crippen LogP contribution in [0.2, 0.25) is 0 Å². The van der Waals surface area contributed by atoms with Gasteiger partial charge in [-0.05, 0) is 40.7 Å². The highest BCUT2D eigenvalue weighted by Gasteiger charge is 2.27. The van der Waals surface area contributed by atoms with Crippen LogP contribution in [0.5, 0.6) is 11.5 Å². The highest BCUT2D eigenvalue weighted by atomic mass is 32.1. The quantitative estimate of drug-likeness (QED) is 0.654. The molecule has 1 saturated heterocycles. The van der Waals surface area contributed by atoms with E-state index in [9.17, 15) is 4.79 Å². The number of carbonyl (C=O) groups excluding carboxylic acids is 1. The third-order valence-electron chi connectivity index (χ3n) is 4.94. The lowest BCUT2D eigenvalue weighted by Crippen LogP contribution is -2.48. The van der Waals surface area contributed by atoms with Crippen LogP contribution in [0, 0.1) is 0 Å². The smallest absolute Gasteiger partial charge is 0.268 e. The van der Waals surface area contributed by atoms with E-state index in [4.69, 9.17) is 9.47 Å². The van der Waals surface area contributed by atoms with Crippen molar-refractivity contribution in [1.29, 1.82) is 0 Å². The van der Waals surface area contributed by atoms with Crippen molar-refractivity contribution < 1.29 is 14.3 Å². The zero-order valence-electron chi connectivity index (χ0n) is 15.0. The number of hydrogen-bond donors (Lipinski definition) is 0. The van der Waals surface area contributed by atoms with Gasteiger partial charge in [-0.25, -0.2) is 0 Å². The fourth-order valence-electron chi connectivity index (χ4n) is 3.46. The molecule has 0 bridgehead atoms. The lowest BCUT2D eigenvalue weighted by atomic mass is 10.1. The first-order valence-corrected chi connectivity index (χ1v) is 10.7. The topological polar surface area (TPSA) is 67.8 Å². The number of carbonyl (C=O) groups is 1. The van der Waals surface area contributed by atoms with Crippen molar-refractivity contribution in [3.05, 3.63) is 46.2 Å². The van der Waals surface area contributed by atoms with E-state index in [1.807, 2.05) is 34.5 Å². The molecule has 1 amide bonds. The minimum Gasteiger partial charge on any atom is -0.454 e. The van der Waals surface area contributed by atoms with Crippen LogP contribution in [-0.4, -0.2) is 58.3 Å². The molecule has 7 nitrogen and oxygen atoms in total. The Labute approximate surface area is 170 Å². The molecule has 28 heavy (non-hydrogen) atoms. The van der Waals surface area contributed by atoms with E-state index >= 15 is 0 Å². The van der Waals surface area contributed by atoms with E-state index in [-0.39, 0.29) is 5.91 Å². The Bertz CT molecular complexity index is 981. The summed E-state index contributed by atoms with van der Waals surface area (Å²) < 4.78 is 14.8. The number of benzene rings is 1. The number of piperazine rings is 1. The molecular formula is C19H18N4O3S2. The largest absolute Gasteiger partial charge is 0.454 e. The summed E-state index contributed by atoms with van der Waals surface area (Å²) in [6.45, 7) is 4.19. The monoisotopic (exact) mass is 414 g/mol. The normalized spacial score (nSPS) is 16.5. The van der Waals surface area contributed by atoms with Gasteiger partial charge >= 0.3 is 0 Å². The molecule has 1 fully saturated rings. The number of aromatic nitrogens is 2. The molecule has 4 heterocycles. The third kappa shape index (κ3) is 3.36. The predicted molar refractivity (Wildman–Crippen MR) is 107 cm³/mol. The molecule has 0 N–H and O–H groups in total.